The van der Waals surface area contributed by atoms with Crippen molar-refractivity contribution in [2.24, 2.45) is 0 Å². The predicted octanol–water partition coefficient (Wildman–Crippen LogP) is 7.10. The van der Waals surface area contributed by atoms with Crippen LogP contribution in [0.4, 0.5) is 0 Å². The molecule has 5 aromatic rings. The van der Waals surface area contributed by atoms with Gasteiger partial charge in [0, 0.05) is 36.2 Å². The number of nitrogens with zero attached hydrogens (tertiary/aromatic N) is 2. The molecular weight excluding hydrogens is 508 g/mol. The third-order valence-corrected chi connectivity index (χ3v) is 7.44. The summed E-state index contributed by atoms with van der Waals surface area (Å²) in [6.07, 6.45) is 2.64. The van der Waals surface area contributed by atoms with Gasteiger partial charge in [-0.3, -0.25) is 0 Å². The standard InChI is InChI=1S/C33H29ClN2O3/c1-32(2)38-21-23-18-27(34)19-28(31(23)39-32)30(37)29-20-36(22-35-29)33(24-12-6-3-7-13-24,25-14-8-4-9-15-25)26-16-10-5-11-17-26/h3-20,22,30,37H,21H2,1-2H3. The molecule has 39 heavy (non-hydrogen) atoms. The smallest absolute Gasteiger partial charge is 0.205 e. The van der Waals surface area contributed by atoms with Gasteiger partial charge in [0.1, 0.15) is 17.4 Å². The van der Waals surface area contributed by atoms with Gasteiger partial charge in [0.05, 0.1) is 18.6 Å². The highest BCUT2D eigenvalue weighted by molar-refractivity contribution is 6.30. The Hall–Kier alpha value is -3.90. The summed E-state index contributed by atoms with van der Waals surface area (Å²) in [5.41, 5.74) is 4.33. The lowest BCUT2D eigenvalue weighted by molar-refractivity contribution is -0.180. The van der Waals surface area contributed by atoms with E-state index in [1.54, 1.807) is 12.4 Å². The Bertz CT molecular complexity index is 1490. The lowest BCUT2D eigenvalue weighted by Gasteiger charge is -2.37. The molecule has 0 spiro atoms. The van der Waals surface area contributed by atoms with Gasteiger partial charge in [0.25, 0.3) is 0 Å². The summed E-state index contributed by atoms with van der Waals surface area (Å²) in [6, 6.07) is 34.6. The van der Waals surface area contributed by atoms with Crippen LogP contribution in [0.1, 0.15) is 53.5 Å². The van der Waals surface area contributed by atoms with Gasteiger partial charge in [-0.05, 0) is 28.8 Å². The van der Waals surface area contributed by atoms with Crippen LogP contribution in [-0.2, 0) is 16.9 Å². The number of imidazole rings is 1. The monoisotopic (exact) mass is 536 g/mol. The average Bonchev–Trinajstić information content (AvgIpc) is 3.45. The van der Waals surface area contributed by atoms with Gasteiger partial charge in [-0.1, -0.05) is 103 Å². The number of rotatable bonds is 6. The van der Waals surface area contributed by atoms with E-state index in [-0.39, 0.29) is 0 Å². The van der Waals surface area contributed by atoms with E-state index in [2.05, 4.69) is 41.0 Å². The lowest BCUT2D eigenvalue weighted by Crippen LogP contribution is -2.37. The molecule has 196 valence electrons. The lowest BCUT2D eigenvalue weighted by atomic mass is 9.77. The fraction of sp³-hybridized carbons (Fsp3) is 0.182. The molecule has 0 fully saturated rings. The SMILES string of the molecule is CC1(C)OCc2cc(Cl)cc(C(O)c3cn(C(c4ccccc4)(c4ccccc4)c4ccccc4)cn3)c2O1. The average molecular weight is 537 g/mol. The van der Waals surface area contributed by atoms with E-state index in [1.807, 2.05) is 80.7 Å². The first-order valence-electron chi connectivity index (χ1n) is 12.9. The number of benzene rings is 4. The minimum Gasteiger partial charge on any atom is -0.462 e. The molecule has 6 rings (SSSR count). The largest absolute Gasteiger partial charge is 0.462 e. The quantitative estimate of drug-likeness (QED) is 0.235. The summed E-state index contributed by atoms with van der Waals surface area (Å²) in [4.78, 5) is 4.73. The molecule has 1 aromatic heterocycles. The van der Waals surface area contributed by atoms with Crippen molar-refractivity contribution in [1.82, 2.24) is 9.55 Å². The Morgan fingerprint density at radius 1 is 0.872 bits per heavy atom. The third-order valence-electron chi connectivity index (χ3n) is 7.22. The highest BCUT2D eigenvalue weighted by Gasteiger charge is 2.39. The Balaban J connectivity index is 1.53. The molecule has 5 nitrogen and oxygen atoms in total. The topological polar surface area (TPSA) is 56.5 Å². The van der Waals surface area contributed by atoms with Crippen LogP contribution in [0.25, 0.3) is 0 Å². The van der Waals surface area contributed by atoms with E-state index >= 15 is 0 Å². The molecule has 0 saturated carbocycles. The Morgan fingerprint density at radius 2 is 1.41 bits per heavy atom. The van der Waals surface area contributed by atoms with E-state index in [4.69, 9.17) is 26.1 Å². The first-order valence-corrected chi connectivity index (χ1v) is 13.3. The second kappa shape index (κ2) is 10.0. The summed E-state index contributed by atoms with van der Waals surface area (Å²) < 4.78 is 14.0. The van der Waals surface area contributed by atoms with Crippen LogP contribution in [0.2, 0.25) is 5.02 Å². The number of hydrogen-bond donors (Lipinski definition) is 1. The number of aromatic nitrogens is 2. The van der Waals surface area contributed by atoms with Gasteiger partial charge in [0.15, 0.2) is 0 Å². The van der Waals surface area contributed by atoms with Crippen molar-refractivity contribution in [3.8, 4) is 5.75 Å². The van der Waals surface area contributed by atoms with Gasteiger partial charge in [0.2, 0.25) is 5.79 Å². The van der Waals surface area contributed by atoms with Gasteiger partial charge >= 0.3 is 0 Å². The Morgan fingerprint density at radius 3 is 1.95 bits per heavy atom. The molecule has 0 saturated heterocycles. The van der Waals surface area contributed by atoms with E-state index < -0.39 is 17.4 Å². The molecule has 1 atom stereocenters. The molecule has 1 aliphatic rings. The van der Waals surface area contributed by atoms with Crippen LogP contribution in [0.5, 0.6) is 5.75 Å². The van der Waals surface area contributed by atoms with Gasteiger partial charge in [-0.2, -0.15) is 0 Å². The van der Waals surface area contributed by atoms with Crippen molar-refractivity contribution < 1.29 is 14.6 Å². The second-order valence-corrected chi connectivity index (χ2v) is 10.6. The fourth-order valence-corrected chi connectivity index (χ4v) is 5.69. The zero-order valence-electron chi connectivity index (χ0n) is 21.8. The maximum Gasteiger partial charge on any atom is 0.205 e. The van der Waals surface area contributed by atoms with Crippen LogP contribution in [0.3, 0.4) is 0 Å². The summed E-state index contributed by atoms with van der Waals surface area (Å²) >= 11 is 6.45. The molecule has 0 amide bonds. The third kappa shape index (κ3) is 4.53. The Labute approximate surface area is 233 Å². The minimum atomic E-state index is -1.06. The molecule has 0 radical (unpaired) electrons. The van der Waals surface area contributed by atoms with Crippen molar-refractivity contribution in [3.63, 3.8) is 0 Å². The predicted molar refractivity (Wildman–Crippen MR) is 152 cm³/mol. The number of aliphatic hydroxyl groups excluding tert-OH is 1. The maximum atomic E-state index is 11.7. The first-order chi connectivity index (χ1) is 18.9. The number of aliphatic hydroxyl groups is 1. The molecule has 0 aliphatic carbocycles. The van der Waals surface area contributed by atoms with E-state index in [0.29, 0.717) is 28.6 Å². The molecular formula is C33H29ClN2O3. The summed E-state index contributed by atoms with van der Waals surface area (Å²) in [5.74, 6) is -0.240. The second-order valence-electron chi connectivity index (χ2n) is 10.2. The number of fused-ring (bicyclic) bond motifs is 1. The molecule has 4 aromatic carbocycles. The van der Waals surface area contributed by atoms with Crippen molar-refractivity contribution in [2.75, 3.05) is 0 Å². The molecule has 2 heterocycles. The van der Waals surface area contributed by atoms with E-state index in [0.717, 1.165) is 22.3 Å². The van der Waals surface area contributed by atoms with Crippen molar-refractivity contribution >= 4 is 11.6 Å². The highest BCUT2D eigenvalue weighted by atomic mass is 35.5. The van der Waals surface area contributed by atoms with Crippen molar-refractivity contribution in [3.05, 3.63) is 154 Å². The van der Waals surface area contributed by atoms with E-state index in [9.17, 15) is 5.11 Å². The Kier molecular flexibility index (Phi) is 6.51. The highest BCUT2D eigenvalue weighted by Crippen LogP contribution is 2.43. The minimum absolute atomic E-state index is 0.343. The van der Waals surface area contributed by atoms with Crippen LogP contribution in [-0.4, -0.2) is 20.4 Å². The number of ether oxygens (including phenoxy) is 2. The van der Waals surface area contributed by atoms with Crippen LogP contribution in [0.15, 0.2) is 116 Å². The van der Waals surface area contributed by atoms with Crippen molar-refractivity contribution in [1.29, 1.82) is 0 Å². The van der Waals surface area contributed by atoms with Crippen LogP contribution < -0.4 is 4.74 Å². The number of halogens is 1. The van der Waals surface area contributed by atoms with Crippen LogP contribution >= 0.6 is 11.6 Å². The molecule has 0 bridgehead atoms. The van der Waals surface area contributed by atoms with Gasteiger partial charge in [-0.15, -0.1) is 0 Å². The molecule has 1 N–H and O–H groups in total. The molecule has 6 heteroatoms. The molecule has 1 unspecified atom stereocenters. The van der Waals surface area contributed by atoms with Crippen LogP contribution in [0, 0.1) is 0 Å². The maximum absolute atomic E-state index is 11.7. The normalized spacial score (nSPS) is 15.3. The fourth-order valence-electron chi connectivity index (χ4n) is 5.44. The summed E-state index contributed by atoms with van der Waals surface area (Å²) in [5, 5.41) is 12.2. The van der Waals surface area contributed by atoms with E-state index in [1.165, 1.54) is 0 Å². The van der Waals surface area contributed by atoms with Crippen molar-refractivity contribution in [2.45, 2.75) is 37.9 Å². The zero-order chi connectivity index (χ0) is 27.0. The summed E-state index contributed by atoms with van der Waals surface area (Å²) in [7, 11) is 0. The first kappa shape index (κ1) is 25.4. The van der Waals surface area contributed by atoms with Gasteiger partial charge < -0.3 is 19.1 Å². The molecule has 1 aliphatic heterocycles. The zero-order valence-corrected chi connectivity index (χ0v) is 22.5. The van der Waals surface area contributed by atoms with Gasteiger partial charge in [-0.25, -0.2) is 4.98 Å². The number of hydrogen-bond acceptors (Lipinski definition) is 4. The summed E-state index contributed by atoms with van der Waals surface area (Å²) in [6.45, 7) is 4.04.